The van der Waals surface area contributed by atoms with Gasteiger partial charge < -0.3 is 0 Å². The lowest BCUT2D eigenvalue weighted by molar-refractivity contribution is 0.0951. The van der Waals surface area contributed by atoms with Crippen LogP contribution >= 0.6 is 0 Å². The largest absolute Gasteiger partial charge is 0.292 e. The number of carbonyl (C=O) groups excluding carboxylic acids is 1. The van der Waals surface area contributed by atoms with Gasteiger partial charge in [-0.25, -0.2) is 12.8 Å². The van der Waals surface area contributed by atoms with E-state index in [0.717, 1.165) is 16.4 Å². The van der Waals surface area contributed by atoms with Gasteiger partial charge in [-0.1, -0.05) is 0 Å². The number of rotatable bonds is 1. The Morgan fingerprint density at radius 1 is 1.33 bits per heavy atom. The smallest absolute Gasteiger partial charge is 0.247 e. The Hall–Kier alpha value is -1.43. The van der Waals surface area contributed by atoms with Gasteiger partial charge in [-0.05, 0) is 39.0 Å². The van der Waals surface area contributed by atoms with Gasteiger partial charge in [0.05, 0.1) is 5.69 Å². The molecule has 98 valence electrons. The van der Waals surface area contributed by atoms with Crippen molar-refractivity contribution < 1.29 is 17.6 Å². The van der Waals surface area contributed by atoms with Crippen LogP contribution in [0.5, 0.6) is 0 Å². The molecule has 0 saturated carbocycles. The average molecular weight is 271 g/mol. The number of fused-ring (bicyclic) bond motifs is 1. The first-order valence-corrected chi connectivity index (χ1v) is 7.04. The molecule has 1 aromatic rings. The second-order valence-corrected chi connectivity index (χ2v) is 7.08. The highest BCUT2D eigenvalue weighted by atomic mass is 32.2. The fraction of sp³-hybridized carbons (Fsp3) is 0.417. The minimum Gasteiger partial charge on any atom is -0.292 e. The van der Waals surface area contributed by atoms with Gasteiger partial charge in [-0.3, -0.25) is 9.10 Å². The van der Waals surface area contributed by atoms with Crippen LogP contribution in [0.4, 0.5) is 10.1 Å². The Morgan fingerprint density at radius 3 is 2.50 bits per heavy atom. The van der Waals surface area contributed by atoms with Crippen LogP contribution in [0.15, 0.2) is 18.2 Å². The summed E-state index contributed by atoms with van der Waals surface area (Å²) in [5.74, 6) is -1.12. The van der Waals surface area contributed by atoms with E-state index in [4.69, 9.17) is 0 Å². The topological polar surface area (TPSA) is 54.5 Å². The molecule has 1 aliphatic heterocycles. The van der Waals surface area contributed by atoms with E-state index in [9.17, 15) is 17.6 Å². The first kappa shape index (κ1) is 13.0. The molecule has 0 spiro atoms. The van der Waals surface area contributed by atoms with Gasteiger partial charge in [-0.2, -0.15) is 0 Å². The fourth-order valence-electron chi connectivity index (χ4n) is 2.09. The molecule has 0 aliphatic carbocycles. The molecular weight excluding hydrogens is 257 g/mol. The average Bonchev–Trinajstić information content (AvgIpc) is 2.29. The van der Waals surface area contributed by atoms with Gasteiger partial charge >= 0.3 is 0 Å². The number of anilines is 1. The van der Waals surface area contributed by atoms with Crippen molar-refractivity contribution in [3.05, 3.63) is 29.6 Å². The van der Waals surface area contributed by atoms with Gasteiger partial charge in [0, 0.05) is 12.1 Å². The molecule has 1 aliphatic rings. The van der Waals surface area contributed by atoms with Crippen LogP contribution in [0.1, 0.15) is 31.1 Å². The second kappa shape index (κ2) is 3.78. The number of halogens is 1. The standard InChI is InChI=1S/C12H14FNO3S/c1-4-14-10-6-5-8(13)7-9(10)11(15)12(2,3)18(14,16)17/h5-7H,4H2,1-3H3. The Morgan fingerprint density at radius 2 is 1.94 bits per heavy atom. The van der Waals surface area contributed by atoms with Crippen molar-refractivity contribution in [3.8, 4) is 0 Å². The molecule has 0 N–H and O–H groups in total. The molecule has 0 radical (unpaired) electrons. The van der Waals surface area contributed by atoms with Gasteiger partial charge in [0.1, 0.15) is 10.6 Å². The summed E-state index contributed by atoms with van der Waals surface area (Å²) in [5.41, 5.74) is 0.375. The third-order valence-electron chi connectivity index (χ3n) is 3.24. The van der Waals surface area contributed by atoms with Gasteiger partial charge in [-0.15, -0.1) is 0 Å². The molecular formula is C12H14FNO3S. The van der Waals surface area contributed by atoms with E-state index in [1.807, 2.05) is 0 Å². The Balaban J connectivity index is 2.81. The van der Waals surface area contributed by atoms with Crippen molar-refractivity contribution in [2.75, 3.05) is 10.8 Å². The normalized spacial score (nSPS) is 20.7. The molecule has 0 saturated heterocycles. The number of sulfonamides is 1. The molecule has 0 atom stereocenters. The van der Waals surface area contributed by atoms with E-state index in [-0.39, 0.29) is 17.8 Å². The molecule has 1 heterocycles. The summed E-state index contributed by atoms with van der Waals surface area (Å²) in [4.78, 5) is 12.2. The Bertz CT molecular complexity index is 622. The number of ketones is 1. The highest BCUT2D eigenvalue weighted by Crippen LogP contribution is 2.38. The van der Waals surface area contributed by atoms with Crippen molar-refractivity contribution >= 4 is 21.5 Å². The van der Waals surface area contributed by atoms with Crippen molar-refractivity contribution in [2.24, 2.45) is 0 Å². The number of benzene rings is 1. The molecule has 4 nitrogen and oxygen atoms in total. The zero-order valence-electron chi connectivity index (χ0n) is 10.4. The summed E-state index contributed by atoms with van der Waals surface area (Å²) in [6.45, 7) is 4.58. The van der Waals surface area contributed by atoms with Crippen LogP contribution in [0, 0.1) is 5.82 Å². The maximum Gasteiger partial charge on any atom is 0.247 e. The van der Waals surface area contributed by atoms with Gasteiger partial charge in [0.15, 0.2) is 5.78 Å². The molecule has 1 aromatic carbocycles. The number of hydrogen-bond donors (Lipinski definition) is 0. The molecule has 18 heavy (non-hydrogen) atoms. The summed E-state index contributed by atoms with van der Waals surface area (Å²) < 4.78 is 37.5. The summed E-state index contributed by atoms with van der Waals surface area (Å²) in [6, 6.07) is 3.58. The molecule has 2 rings (SSSR count). The molecule has 6 heteroatoms. The highest BCUT2D eigenvalue weighted by molar-refractivity contribution is 7.95. The molecule has 0 fully saturated rings. The van der Waals surface area contributed by atoms with Crippen molar-refractivity contribution in [2.45, 2.75) is 25.5 Å². The molecule has 0 unspecified atom stereocenters. The Labute approximate surface area is 105 Å². The van der Waals surface area contributed by atoms with E-state index in [1.165, 1.54) is 19.9 Å². The lowest BCUT2D eigenvalue weighted by Crippen LogP contribution is -2.53. The fourth-order valence-corrected chi connectivity index (χ4v) is 3.75. The monoisotopic (exact) mass is 271 g/mol. The minimum atomic E-state index is -3.77. The number of Topliss-reactive ketones (excluding diaryl/α,β-unsaturated/α-hetero) is 1. The van der Waals surface area contributed by atoms with Gasteiger partial charge in [0.25, 0.3) is 0 Å². The summed E-state index contributed by atoms with van der Waals surface area (Å²) in [6.07, 6.45) is 0. The summed E-state index contributed by atoms with van der Waals surface area (Å²) >= 11 is 0. The predicted molar refractivity (Wildman–Crippen MR) is 66.7 cm³/mol. The lowest BCUT2D eigenvalue weighted by atomic mass is 9.98. The van der Waals surface area contributed by atoms with Crippen molar-refractivity contribution in [1.82, 2.24) is 0 Å². The predicted octanol–water partition coefficient (Wildman–Crippen LogP) is 1.96. The van der Waals surface area contributed by atoms with Crippen LogP contribution < -0.4 is 4.31 Å². The van der Waals surface area contributed by atoms with Crippen LogP contribution in [0.3, 0.4) is 0 Å². The van der Waals surface area contributed by atoms with Crippen LogP contribution in [-0.4, -0.2) is 25.5 Å². The summed E-state index contributed by atoms with van der Waals surface area (Å²) in [7, 11) is -3.77. The van der Waals surface area contributed by atoms with E-state index < -0.39 is 26.4 Å². The first-order valence-electron chi connectivity index (χ1n) is 5.60. The number of nitrogens with zero attached hydrogens (tertiary/aromatic N) is 1. The molecule has 0 bridgehead atoms. The van der Waals surface area contributed by atoms with Crippen molar-refractivity contribution in [3.63, 3.8) is 0 Å². The number of hydrogen-bond acceptors (Lipinski definition) is 3. The molecule has 0 amide bonds. The second-order valence-electron chi connectivity index (χ2n) is 4.67. The van der Waals surface area contributed by atoms with Crippen LogP contribution in [-0.2, 0) is 10.0 Å². The highest BCUT2D eigenvalue weighted by Gasteiger charge is 2.50. The van der Waals surface area contributed by atoms with E-state index in [1.54, 1.807) is 6.92 Å². The maximum absolute atomic E-state index is 13.2. The molecule has 0 aromatic heterocycles. The van der Waals surface area contributed by atoms with Crippen molar-refractivity contribution in [1.29, 1.82) is 0 Å². The zero-order chi connectivity index (χ0) is 13.7. The zero-order valence-corrected chi connectivity index (χ0v) is 11.2. The number of carbonyl (C=O) groups is 1. The van der Waals surface area contributed by atoms with E-state index in [2.05, 4.69) is 0 Å². The van der Waals surface area contributed by atoms with Crippen LogP contribution in [0.25, 0.3) is 0 Å². The SMILES string of the molecule is CCN1c2ccc(F)cc2C(=O)C(C)(C)S1(=O)=O. The quantitative estimate of drug-likeness (QED) is 0.784. The van der Waals surface area contributed by atoms with Gasteiger partial charge in [0.2, 0.25) is 10.0 Å². The lowest BCUT2D eigenvalue weighted by Gasteiger charge is -2.38. The van der Waals surface area contributed by atoms with E-state index in [0.29, 0.717) is 0 Å². The van der Waals surface area contributed by atoms with E-state index >= 15 is 0 Å². The minimum absolute atomic E-state index is 0.122. The third kappa shape index (κ3) is 1.48. The third-order valence-corrected chi connectivity index (χ3v) is 5.75. The summed E-state index contributed by atoms with van der Waals surface area (Å²) in [5, 5.41) is 0. The first-order chi connectivity index (χ1) is 8.23. The van der Waals surface area contributed by atoms with Crippen LogP contribution in [0.2, 0.25) is 0 Å². The Kier molecular flexibility index (Phi) is 2.73. The maximum atomic E-state index is 13.2.